The maximum Gasteiger partial charge on any atom is 0.303 e. The van der Waals surface area contributed by atoms with Crippen LogP contribution >= 0.6 is 0 Å². The van der Waals surface area contributed by atoms with E-state index in [9.17, 15) is 14.4 Å². The first-order valence-corrected chi connectivity index (χ1v) is 27.7. The first-order chi connectivity index (χ1) is 32.4. The summed E-state index contributed by atoms with van der Waals surface area (Å²) in [4.78, 5) is 31.1. The molecule has 3 aliphatic heterocycles. The molecule has 0 aromatic rings. The van der Waals surface area contributed by atoms with Crippen molar-refractivity contribution in [2.24, 2.45) is 0 Å². The fourth-order valence-electron chi connectivity index (χ4n) is 7.96. The number of aliphatic carboxylic acids is 3. The van der Waals surface area contributed by atoms with Gasteiger partial charge in [-0.3, -0.25) is 14.4 Å². The molecule has 0 aromatic carbocycles. The molecule has 0 spiro atoms. The molecule has 3 heterocycles. The number of unbranched alkanes of at least 4 members (excludes halogenated alkanes) is 21. The molecular formula is C57H104O10Ti. The molecule has 0 saturated carbocycles. The molecule has 396 valence electrons. The standard InChI is InChI=1S/3C18H32O3.C3H8O.Ti/c3*1-2-3-4-5-7-10-13-16-17(21-16)14-11-8-6-9-12-15-18(19)20;1-3(2)4;/h3*7,10,16-17H,2-6,8-9,11-15H2,1H3,(H,19,20);3-4H,1-2H3;/b3*10-7+;;. The Labute approximate surface area is 431 Å². The Balaban J connectivity index is 0. The Morgan fingerprint density at radius 2 is 0.618 bits per heavy atom. The van der Waals surface area contributed by atoms with E-state index in [2.05, 4.69) is 57.2 Å². The van der Waals surface area contributed by atoms with Crippen LogP contribution in [0.15, 0.2) is 36.5 Å². The van der Waals surface area contributed by atoms with Crippen molar-refractivity contribution in [2.75, 3.05) is 0 Å². The summed E-state index contributed by atoms with van der Waals surface area (Å²) in [7, 11) is 0. The van der Waals surface area contributed by atoms with E-state index in [-0.39, 0.29) is 27.8 Å². The quantitative estimate of drug-likeness (QED) is 0.0200. The number of ether oxygens (including phenoxy) is 3. The minimum Gasteiger partial charge on any atom is -0.481 e. The Kier molecular flexibility index (Phi) is 50.3. The van der Waals surface area contributed by atoms with Crippen molar-refractivity contribution in [1.29, 1.82) is 0 Å². The van der Waals surface area contributed by atoms with Crippen molar-refractivity contribution < 1.29 is 70.7 Å². The zero-order valence-corrected chi connectivity index (χ0v) is 45.8. The van der Waals surface area contributed by atoms with Crippen LogP contribution in [0.25, 0.3) is 0 Å². The number of carbonyl (C=O) groups is 3. The summed E-state index contributed by atoms with van der Waals surface area (Å²) in [5, 5.41) is 33.7. The van der Waals surface area contributed by atoms with E-state index in [1.54, 1.807) is 13.8 Å². The molecule has 68 heavy (non-hydrogen) atoms. The zero-order chi connectivity index (χ0) is 49.6. The smallest absolute Gasteiger partial charge is 0.303 e. The van der Waals surface area contributed by atoms with Crippen LogP contribution in [0, 0.1) is 0 Å². The van der Waals surface area contributed by atoms with Crippen LogP contribution in [0.4, 0.5) is 0 Å². The van der Waals surface area contributed by atoms with E-state index in [4.69, 9.17) is 34.6 Å². The summed E-state index contributed by atoms with van der Waals surface area (Å²) in [6, 6.07) is 0. The topological polar surface area (TPSA) is 170 Å². The zero-order valence-electron chi connectivity index (χ0n) is 44.2. The molecule has 3 aliphatic rings. The number of epoxide rings is 3. The van der Waals surface area contributed by atoms with Crippen molar-refractivity contribution in [3.63, 3.8) is 0 Å². The van der Waals surface area contributed by atoms with Gasteiger partial charge >= 0.3 is 17.9 Å². The van der Waals surface area contributed by atoms with Gasteiger partial charge in [-0.25, -0.2) is 0 Å². The Morgan fingerprint density at radius 1 is 0.382 bits per heavy atom. The monoisotopic (exact) mass is 997 g/mol. The van der Waals surface area contributed by atoms with Crippen molar-refractivity contribution in [3.8, 4) is 0 Å². The summed E-state index contributed by atoms with van der Waals surface area (Å²) >= 11 is 0. The molecule has 6 unspecified atom stereocenters. The van der Waals surface area contributed by atoms with Crippen molar-refractivity contribution in [3.05, 3.63) is 36.5 Å². The number of aliphatic hydroxyl groups excluding tert-OH is 1. The van der Waals surface area contributed by atoms with Gasteiger partial charge in [-0.1, -0.05) is 173 Å². The summed E-state index contributed by atoms with van der Waals surface area (Å²) in [6.45, 7) is 10.1. The molecule has 0 aromatic heterocycles. The van der Waals surface area contributed by atoms with Crippen molar-refractivity contribution in [1.82, 2.24) is 0 Å². The van der Waals surface area contributed by atoms with Gasteiger partial charge in [-0.05, 0) is 110 Å². The van der Waals surface area contributed by atoms with Crippen LogP contribution in [-0.2, 0) is 50.3 Å². The summed E-state index contributed by atoms with van der Waals surface area (Å²) in [5.41, 5.74) is 0. The van der Waals surface area contributed by atoms with Crippen LogP contribution in [-0.4, -0.2) is 81.1 Å². The molecule has 4 N–H and O–H groups in total. The third kappa shape index (κ3) is 52.0. The van der Waals surface area contributed by atoms with Crippen LogP contribution in [0.1, 0.15) is 266 Å². The molecular weight excluding hydrogens is 892 g/mol. The fraction of sp³-hybridized carbons (Fsp3) is 0.842. The Bertz CT molecular complexity index is 1090. The van der Waals surface area contributed by atoms with Gasteiger partial charge in [-0.2, -0.15) is 0 Å². The number of aliphatic hydroxyl groups is 1. The fourth-order valence-corrected chi connectivity index (χ4v) is 7.96. The average molecular weight is 997 g/mol. The van der Waals surface area contributed by atoms with Gasteiger partial charge in [0.25, 0.3) is 0 Å². The second-order valence-electron chi connectivity index (χ2n) is 19.4. The second-order valence-corrected chi connectivity index (χ2v) is 19.4. The first-order valence-electron chi connectivity index (χ1n) is 27.7. The summed E-state index contributed by atoms with van der Waals surface area (Å²) in [6.07, 6.45) is 55.9. The van der Waals surface area contributed by atoms with Gasteiger partial charge < -0.3 is 34.6 Å². The number of hydrogen-bond donors (Lipinski definition) is 4. The van der Waals surface area contributed by atoms with Crippen molar-refractivity contribution >= 4 is 17.9 Å². The van der Waals surface area contributed by atoms with Crippen LogP contribution in [0.5, 0.6) is 0 Å². The normalized spacial score (nSPS) is 20.0. The van der Waals surface area contributed by atoms with E-state index in [0.29, 0.717) is 55.9 Å². The predicted octanol–water partition coefficient (Wildman–Crippen LogP) is 15.7. The van der Waals surface area contributed by atoms with E-state index >= 15 is 0 Å². The van der Waals surface area contributed by atoms with Gasteiger partial charge in [-0.15, -0.1) is 0 Å². The SMILES string of the molecule is CC(C)O.CCCCC/C=C/CC1OC1CCCCCCCC(=O)O.CCCCC/C=C/CC1OC1CCCCCCCC(=O)O.CCCCC/C=C/CC1OC1CCCCCCCC(=O)O.[Ti]. The molecule has 10 nitrogen and oxygen atoms in total. The molecule has 11 heteroatoms. The minimum atomic E-state index is -0.674. The number of carboxylic acids is 3. The van der Waals surface area contributed by atoms with Crippen molar-refractivity contribution in [2.45, 2.75) is 308 Å². The molecule has 3 rings (SSSR count). The van der Waals surface area contributed by atoms with E-state index in [0.717, 1.165) is 77.0 Å². The summed E-state index contributed by atoms with van der Waals surface area (Å²) in [5.74, 6) is -2.02. The predicted molar refractivity (Wildman–Crippen MR) is 277 cm³/mol. The van der Waals surface area contributed by atoms with Crippen LogP contribution in [0.3, 0.4) is 0 Å². The molecule has 6 atom stereocenters. The number of rotatable bonds is 42. The first kappa shape index (κ1) is 68.3. The molecule has 0 aliphatic carbocycles. The molecule has 0 bridgehead atoms. The van der Waals surface area contributed by atoms with E-state index in [1.807, 2.05) is 0 Å². The molecule has 0 amide bonds. The van der Waals surface area contributed by atoms with Gasteiger partial charge in [0, 0.05) is 47.1 Å². The second kappa shape index (κ2) is 50.1. The molecule has 0 radical (unpaired) electrons. The van der Waals surface area contributed by atoms with Crippen LogP contribution in [0.2, 0.25) is 0 Å². The minimum absolute atomic E-state index is 0. The van der Waals surface area contributed by atoms with Crippen LogP contribution < -0.4 is 0 Å². The number of allylic oxidation sites excluding steroid dienone is 3. The molecule has 3 saturated heterocycles. The van der Waals surface area contributed by atoms with E-state index < -0.39 is 17.9 Å². The average Bonchev–Trinajstić information content (AvgIpc) is 4.22. The largest absolute Gasteiger partial charge is 0.481 e. The maximum atomic E-state index is 10.4. The number of hydrogen-bond acceptors (Lipinski definition) is 7. The van der Waals surface area contributed by atoms with Gasteiger partial charge in [0.1, 0.15) is 0 Å². The van der Waals surface area contributed by atoms with Gasteiger partial charge in [0.15, 0.2) is 0 Å². The Hall–Kier alpha value is -1.82. The van der Waals surface area contributed by atoms with Gasteiger partial charge in [0.05, 0.1) is 36.6 Å². The maximum absolute atomic E-state index is 10.4. The third-order valence-corrected chi connectivity index (χ3v) is 12.2. The summed E-state index contributed by atoms with van der Waals surface area (Å²) < 4.78 is 17.0. The van der Waals surface area contributed by atoms with Gasteiger partial charge in [0.2, 0.25) is 0 Å². The number of carboxylic acid groups (broad SMARTS) is 3. The Morgan fingerprint density at radius 3 is 0.853 bits per heavy atom. The van der Waals surface area contributed by atoms with E-state index in [1.165, 1.54) is 135 Å². The molecule has 3 fully saturated rings. The third-order valence-electron chi connectivity index (χ3n) is 12.2.